The topological polar surface area (TPSA) is 74.0 Å². The molecule has 0 saturated carbocycles. The third-order valence-electron chi connectivity index (χ3n) is 7.22. The van der Waals surface area contributed by atoms with Crippen LogP contribution in [0.4, 0.5) is 0 Å². The predicted molar refractivity (Wildman–Crippen MR) is 133 cm³/mol. The van der Waals surface area contributed by atoms with E-state index in [-0.39, 0.29) is 17.4 Å². The number of piperidine rings is 1. The van der Waals surface area contributed by atoms with Crippen LogP contribution in [-0.4, -0.2) is 46.2 Å². The fourth-order valence-electron chi connectivity index (χ4n) is 5.23. The highest BCUT2D eigenvalue weighted by atomic mass is 16.3. The third kappa shape index (κ3) is 4.54. The number of rotatable bonds is 7. The Balaban J connectivity index is 1.54. The first-order valence-electron chi connectivity index (χ1n) is 12.2. The second-order valence-corrected chi connectivity index (χ2v) is 9.48. The minimum Gasteiger partial charge on any atom is -0.503 e. The second kappa shape index (κ2) is 9.92. The minimum atomic E-state index is -0.698. The molecule has 2 aliphatic rings. The molecule has 2 unspecified atom stereocenters. The summed E-state index contributed by atoms with van der Waals surface area (Å²) < 4.78 is 5.33. The lowest BCUT2D eigenvalue weighted by atomic mass is 9.93. The number of likely N-dealkylation sites (tertiary alicyclic amines) is 1. The van der Waals surface area contributed by atoms with Gasteiger partial charge in [-0.05, 0) is 55.1 Å². The number of aliphatic hydroxyl groups is 1. The van der Waals surface area contributed by atoms with E-state index in [1.54, 1.807) is 17.0 Å². The van der Waals surface area contributed by atoms with Crippen molar-refractivity contribution in [3.05, 3.63) is 107 Å². The standard InChI is InChI=1S/C29H30N2O4/c1-20-14-16-30(17-15-20)23(21-9-4-2-5-10-21)19-31-26(22-11-6-3-7-12-22)25(28(33)29(31)34)27(32)24-13-8-18-35-24/h2-13,18,20,23,26,33H,14-17,19H2,1H3. The second-order valence-electron chi connectivity index (χ2n) is 9.48. The summed E-state index contributed by atoms with van der Waals surface area (Å²) in [4.78, 5) is 31.0. The maximum atomic E-state index is 13.5. The van der Waals surface area contributed by atoms with E-state index in [0.717, 1.165) is 37.1 Å². The van der Waals surface area contributed by atoms with Crippen LogP contribution in [0.5, 0.6) is 0 Å². The number of Topliss-reactive ketones (excluding diaryl/α,β-unsaturated/α-hetero) is 1. The number of aliphatic hydroxyl groups excluding tert-OH is 1. The molecule has 2 aromatic carbocycles. The lowest BCUT2D eigenvalue weighted by Crippen LogP contribution is -2.43. The highest BCUT2D eigenvalue weighted by Gasteiger charge is 2.45. The highest BCUT2D eigenvalue weighted by Crippen LogP contribution is 2.41. The van der Waals surface area contributed by atoms with Crippen molar-refractivity contribution < 1.29 is 19.1 Å². The fourth-order valence-corrected chi connectivity index (χ4v) is 5.23. The highest BCUT2D eigenvalue weighted by molar-refractivity contribution is 6.15. The SMILES string of the molecule is CC1CCN(C(CN2C(=O)C(O)=C(C(=O)c3ccco3)C2c2ccccc2)c2ccccc2)CC1. The number of carbonyl (C=O) groups excluding carboxylic acids is 2. The first-order valence-corrected chi connectivity index (χ1v) is 12.2. The molecule has 0 aliphatic carbocycles. The van der Waals surface area contributed by atoms with Gasteiger partial charge < -0.3 is 14.4 Å². The summed E-state index contributed by atoms with van der Waals surface area (Å²) >= 11 is 0. The minimum absolute atomic E-state index is 0.0512. The molecule has 5 rings (SSSR count). The summed E-state index contributed by atoms with van der Waals surface area (Å²) in [6.45, 7) is 4.52. The predicted octanol–water partition coefficient (Wildman–Crippen LogP) is 5.33. The average molecular weight is 471 g/mol. The number of amides is 1. The van der Waals surface area contributed by atoms with Crippen LogP contribution in [0.1, 0.15) is 53.5 Å². The van der Waals surface area contributed by atoms with Gasteiger partial charge in [0, 0.05) is 6.54 Å². The molecule has 1 amide bonds. The molecule has 2 aliphatic heterocycles. The smallest absolute Gasteiger partial charge is 0.290 e. The van der Waals surface area contributed by atoms with Crippen molar-refractivity contribution in [3.63, 3.8) is 0 Å². The number of nitrogens with zero attached hydrogens (tertiary/aromatic N) is 2. The van der Waals surface area contributed by atoms with Crippen LogP contribution >= 0.6 is 0 Å². The molecule has 3 heterocycles. The van der Waals surface area contributed by atoms with Gasteiger partial charge in [-0.25, -0.2) is 0 Å². The van der Waals surface area contributed by atoms with E-state index in [9.17, 15) is 14.7 Å². The van der Waals surface area contributed by atoms with Gasteiger partial charge in [0.15, 0.2) is 11.5 Å². The largest absolute Gasteiger partial charge is 0.503 e. The third-order valence-corrected chi connectivity index (χ3v) is 7.22. The van der Waals surface area contributed by atoms with Crippen molar-refractivity contribution in [2.45, 2.75) is 31.8 Å². The number of ketones is 1. The van der Waals surface area contributed by atoms with Crippen molar-refractivity contribution in [1.82, 2.24) is 9.80 Å². The Morgan fingerprint density at radius 2 is 1.66 bits per heavy atom. The van der Waals surface area contributed by atoms with Crippen LogP contribution in [0.15, 0.2) is 94.8 Å². The zero-order chi connectivity index (χ0) is 24.4. The fraction of sp³-hybridized carbons (Fsp3) is 0.310. The molecular formula is C29H30N2O4. The first-order chi connectivity index (χ1) is 17.0. The van der Waals surface area contributed by atoms with Gasteiger partial charge in [-0.3, -0.25) is 14.5 Å². The normalized spacial score (nSPS) is 20.4. The van der Waals surface area contributed by atoms with Gasteiger partial charge in [-0.1, -0.05) is 67.6 Å². The molecule has 1 N–H and O–H groups in total. The van der Waals surface area contributed by atoms with Crippen LogP contribution < -0.4 is 0 Å². The molecule has 2 atom stereocenters. The van der Waals surface area contributed by atoms with Gasteiger partial charge in [0.05, 0.1) is 23.9 Å². The van der Waals surface area contributed by atoms with Crippen molar-refractivity contribution >= 4 is 11.7 Å². The average Bonchev–Trinajstić information content (AvgIpc) is 3.52. The number of furan rings is 1. The van der Waals surface area contributed by atoms with Crippen molar-refractivity contribution in [2.24, 2.45) is 5.92 Å². The van der Waals surface area contributed by atoms with Gasteiger partial charge in [-0.15, -0.1) is 0 Å². The number of hydrogen-bond donors (Lipinski definition) is 1. The Morgan fingerprint density at radius 1 is 1.00 bits per heavy atom. The molecule has 1 aromatic heterocycles. The van der Waals surface area contributed by atoms with Crippen LogP contribution in [0, 0.1) is 5.92 Å². The van der Waals surface area contributed by atoms with Gasteiger partial charge in [0.25, 0.3) is 5.91 Å². The molecule has 1 fully saturated rings. The molecule has 6 heteroatoms. The van der Waals surface area contributed by atoms with Crippen molar-refractivity contribution in [2.75, 3.05) is 19.6 Å². The molecule has 3 aromatic rings. The monoisotopic (exact) mass is 470 g/mol. The Kier molecular flexibility index (Phi) is 6.55. The lowest BCUT2D eigenvalue weighted by molar-refractivity contribution is -0.130. The lowest BCUT2D eigenvalue weighted by Gasteiger charge is -2.40. The summed E-state index contributed by atoms with van der Waals surface area (Å²) in [6.07, 6.45) is 3.62. The zero-order valence-corrected chi connectivity index (χ0v) is 19.8. The molecule has 35 heavy (non-hydrogen) atoms. The molecule has 180 valence electrons. The maximum absolute atomic E-state index is 13.5. The molecule has 1 saturated heterocycles. The van der Waals surface area contributed by atoms with Gasteiger partial charge >= 0.3 is 0 Å². The van der Waals surface area contributed by atoms with E-state index in [0.29, 0.717) is 12.5 Å². The molecular weight excluding hydrogens is 440 g/mol. The quantitative estimate of drug-likeness (QED) is 0.473. The van der Waals surface area contributed by atoms with Crippen LogP contribution in [-0.2, 0) is 4.79 Å². The Labute approximate surface area is 205 Å². The Bertz CT molecular complexity index is 1200. The summed E-state index contributed by atoms with van der Waals surface area (Å²) in [5, 5.41) is 11.0. The molecule has 0 bridgehead atoms. The van der Waals surface area contributed by atoms with E-state index in [1.807, 2.05) is 48.5 Å². The van der Waals surface area contributed by atoms with Crippen LogP contribution in [0.3, 0.4) is 0 Å². The van der Waals surface area contributed by atoms with Gasteiger partial charge in [0.1, 0.15) is 0 Å². The Morgan fingerprint density at radius 3 is 2.29 bits per heavy atom. The number of carbonyl (C=O) groups is 2. The van der Waals surface area contributed by atoms with E-state index in [1.165, 1.54) is 6.26 Å². The molecule has 0 radical (unpaired) electrons. The first kappa shape index (κ1) is 23.1. The molecule has 0 spiro atoms. The summed E-state index contributed by atoms with van der Waals surface area (Å²) in [7, 11) is 0. The van der Waals surface area contributed by atoms with E-state index < -0.39 is 23.5 Å². The Hall–Kier alpha value is -3.64. The van der Waals surface area contributed by atoms with Crippen molar-refractivity contribution in [1.29, 1.82) is 0 Å². The van der Waals surface area contributed by atoms with Crippen molar-refractivity contribution in [3.8, 4) is 0 Å². The van der Waals surface area contributed by atoms with Crippen LogP contribution in [0.25, 0.3) is 0 Å². The van der Waals surface area contributed by atoms with Crippen LogP contribution in [0.2, 0.25) is 0 Å². The van der Waals surface area contributed by atoms with E-state index in [4.69, 9.17) is 4.42 Å². The maximum Gasteiger partial charge on any atom is 0.290 e. The summed E-state index contributed by atoms with van der Waals surface area (Å²) in [5.41, 5.74) is 1.96. The zero-order valence-electron chi connectivity index (χ0n) is 19.8. The summed E-state index contributed by atoms with van der Waals surface area (Å²) in [5.74, 6) is -0.720. The van der Waals surface area contributed by atoms with E-state index in [2.05, 4.69) is 24.0 Å². The van der Waals surface area contributed by atoms with Gasteiger partial charge in [0.2, 0.25) is 5.78 Å². The number of benzene rings is 2. The van der Waals surface area contributed by atoms with Gasteiger partial charge in [-0.2, -0.15) is 0 Å². The van der Waals surface area contributed by atoms with E-state index >= 15 is 0 Å². The number of hydrogen-bond acceptors (Lipinski definition) is 5. The summed E-state index contributed by atoms with van der Waals surface area (Å²) in [6, 6.07) is 22.0. The molecule has 6 nitrogen and oxygen atoms in total.